The summed E-state index contributed by atoms with van der Waals surface area (Å²) >= 11 is 1.47. The third-order valence-electron chi connectivity index (χ3n) is 2.42. The van der Waals surface area contributed by atoms with Crippen LogP contribution < -0.4 is 0 Å². The van der Waals surface area contributed by atoms with E-state index in [1.807, 2.05) is 18.4 Å². The highest BCUT2D eigenvalue weighted by atomic mass is 32.2. The smallest absolute Gasteiger partial charge is 0.356 e. The van der Waals surface area contributed by atoms with Crippen LogP contribution in [0.15, 0.2) is 35.6 Å². The van der Waals surface area contributed by atoms with Gasteiger partial charge in [0.25, 0.3) is 0 Å². The van der Waals surface area contributed by atoms with Gasteiger partial charge in [-0.1, -0.05) is 6.07 Å². The minimum Gasteiger partial charge on any atom is -0.476 e. The van der Waals surface area contributed by atoms with Gasteiger partial charge in [-0.05, 0) is 18.4 Å². The van der Waals surface area contributed by atoms with Crippen molar-refractivity contribution in [1.82, 2.24) is 9.55 Å². The number of aromatic carboxylic acids is 1. The molecule has 0 aliphatic rings. The molecular formula is C12H9N3O2S. The largest absolute Gasteiger partial charge is 0.476 e. The van der Waals surface area contributed by atoms with Crippen molar-refractivity contribution in [3.8, 4) is 11.8 Å². The number of imidazole rings is 1. The van der Waals surface area contributed by atoms with Gasteiger partial charge in [0.15, 0.2) is 5.69 Å². The summed E-state index contributed by atoms with van der Waals surface area (Å²) in [4.78, 5) is 15.4. The molecule has 18 heavy (non-hydrogen) atoms. The number of nitriles is 1. The number of thioether (sulfide) groups is 1. The molecular weight excluding hydrogens is 250 g/mol. The van der Waals surface area contributed by atoms with Crippen molar-refractivity contribution >= 4 is 17.7 Å². The summed E-state index contributed by atoms with van der Waals surface area (Å²) in [5.74, 6) is -1.09. The SMILES string of the molecule is CSc1cccc(-n2cnc(C(=O)O)c2)c1C#N. The van der Waals surface area contributed by atoms with Crippen LogP contribution in [0.4, 0.5) is 0 Å². The summed E-state index contributed by atoms with van der Waals surface area (Å²) in [5.41, 5.74) is 1.09. The van der Waals surface area contributed by atoms with Crippen molar-refractivity contribution in [2.45, 2.75) is 4.90 Å². The van der Waals surface area contributed by atoms with Gasteiger partial charge in [0, 0.05) is 11.1 Å². The Labute approximate surface area is 108 Å². The fraction of sp³-hybridized carbons (Fsp3) is 0.0833. The van der Waals surface area contributed by atoms with Crippen LogP contribution in [0.5, 0.6) is 0 Å². The number of rotatable bonds is 3. The molecule has 0 fully saturated rings. The van der Waals surface area contributed by atoms with Crippen molar-refractivity contribution in [1.29, 1.82) is 5.26 Å². The molecule has 0 atom stereocenters. The fourth-order valence-corrected chi connectivity index (χ4v) is 2.15. The third-order valence-corrected chi connectivity index (χ3v) is 3.20. The van der Waals surface area contributed by atoms with E-state index in [1.165, 1.54) is 24.3 Å². The first-order valence-corrected chi connectivity index (χ1v) is 6.24. The first-order chi connectivity index (χ1) is 8.67. The normalized spacial score (nSPS) is 10.0. The molecule has 1 aromatic carbocycles. The van der Waals surface area contributed by atoms with Crippen molar-refractivity contribution in [3.63, 3.8) is 0 Å². The Hall–Kier alpha value is -2.26. The Morgan fingerprint density at radius 2 is 2.33 bits per heavy atom. The molecule has 0 radical (unpaired) electrons. The molecule has 1 heterocycles. The first kappa shape index (κ1) is 12.2. The predicted molar refractivity (Wildman–Crippen MR) is 67.0 cm³/mol. The summed E-state index contributed by atoms with van der Waals surface area (Å²) in [5, 5.41) is 18.0. The van der Waals surface area contributed by atoms with Crippen molar-refractivity contribution in [2.75, 3.05) is 6.26 Å². The van der Waals surface area contributed by atoms with Gasteiger partial charge >= 0.3 is 5.97 Å². The molecule has 1 aromatic heterocycles. The average Bonchev–Trinajstić information content (AvgIpc) is 2.87. The zero-order valence-corrected chi connectivity index (χ0v) is 10.3. The van der Waals surface area contributed by atoms with Gasteiger partial charge in [0.2, 0.25) is 0 Å². The lowest BCUT2D eigenvalue weighted by Gasteiger charge is -2.07. The second-order valence-electron chi connectivity index (χ2n) is 3.44. The number of carbonyl (C=O) groups is 1. The maximum absolute atomic E-state index is 10.8. The number of aromatic nitrogens is 2. The summed E-state index contributed by atoms with van der Waals surface area (Å²) in [6.45, 7) is 0. The second-order valence-corrected chi connectivity index (χ2v) is 4.29. The van der Waals surface area contributed by atoms with Gasteiger partial charge in [-0.15, -0.1) is 11.8 Å². The van der Waals surface area contributed by atoms with Crippen LogP contribution in [-0.2, 0) is 0 Å². The van der Waals surface area contributed by atoms with E-state index in [-0.39, 0.29) is 5.69 Å². The monoisotopic (exact) mass is 259 g/mol. The van der Waals surface area contributed by atoms with Crippen LogP contribution in [-0.4, -0.2) is 26.9 Å². The molecule has 0 saturated heterocycles. The quantitative estimate of drug-likeness (QED) is 0.854. The van der Waals surface area contributed by atoms with Gasteiger partial charge in [-0.2, -0.15) is 5.26 Å². The van der Waals surface area contributed by atoms with Crippen molar-refractivity contribution in [3.05, 3.63) is 42.0 Å². The Morgan fingerprint density at radius 3 is 2.89 bits per heavy atom. The van der Waals surface area contributed by atoms with E-state index in [4.69, 9.17) is 5.11 Å². The Bertz CT molecular complexity index is 643. The van der Waals surface area contributed by atoms with E-state index in [0.717, 1.165) is 4.90 Å². The number of carboxylic acids is 1. The zero-order chi connectivity index (χ0) is 13.1. The van der Waals surface area contributed by atoms with Gasteiger partial charge in [-0.25, -0.2) is 9.78 Å². The Balaban J connectivity index is 2.57. The highest BCUT2D eigenvalue weighted by molar-refractivity contribution is 7.98. The van der Waals surface area contributed by atoms with Crippen LogP contribution in [0.2, 0.25) is 0 Å². The minimum atomic E-state index is -1.09. The van der Waals surface area contributed by atoms with Crippen LogP contribution in [0, 0.1) is 11.3 Å². The molecule has 0 saturated carbocycles. The van der Waals surface area contributed by atoms with Gasteiger partial charge < -0.3 is 9.67 Å². The van der Waals surface area contributed by atoms with Gasteiger partial charge in [-0.3, -0.25) is 0 Å². The van der Waals surface area contributed by atoms with Crippen LogP contribution >= 0.6 is 11.8 Å². The van der Waals surface area contributed by atoms with E-state index in [0.29, 0.717) is 11.3 Å². The Kier molecular flexibility index (Phi) is 3.35. The zero-order valence-electron chi connectivity index (χ0n) is 9.49. The topological polar surface area (TPSA) is 78.9 Å². The number of hydrogen-bond acceptors (Lipinski definition) is 4. The summed E-state index contributed by atoms with van der Waals surface area (Å²) in [6.07, 6.45) is 4.67. The second kappa shape index (κ2) is 4.94. The third kappa shape index (κ3) is 2.08. The molecule has 0 amide bonds. The highest BCUT2D eigenvalue weighted by Crippen LogP contribution is 2.25. The van der Waals surface area contributed by atoms with E-state index in [1.54, 1.807) is 10.6 Å². The highest BCUT2D eigenvalue weighted by Gasteiger charge is 2.12. The summed E-state index contributed by atoms with van der Waals surface area (Å²) in [6, 6.07) is 7.56. The molecule has 0 aliphatic carbocycles. The lowest BCUT2D eigenvalue weighted by atomic mass is 10.2. The van der Waals surface area contributed by atoms with Crippen LogP contribution in [0.3, 0.4) is 0 Å². The van der Waals surface area contributed by atoms with Crippen molar-refractivity contribution in [2.24, 2.45) is 0 Å². The lowest BCUT2D eigenvalue weighted by molar-refractivity contribution is 0.0691. The number of benzene rings is 1. The molecule has 6 heteroatoms. The number of nitrogens with zero attached hydrogens (tertiary/aromatic N) is 3. The molecule has 1 N–H and O–H groups in total. The van der Waals surface area contributed by atoms with Crippen LogP contribution in [0.1, 0.15) is 16.1 Å². The standard InChI is InChI=1S/C12H9N3O2S/c1-18-11-4-2-3-10(8(11)5-13)15-6-9(12(16)17)14-7-15/h2-4,6-7H,1H3,(H,16,17). The summed E-state index contributed by atoms with van der Waals surface area (Å²) < 4.78 is 1.54. The maximum Gasteiger partial charge on any atom is 0.356 e. The molecule has 0 aliphatic heterocycles. The van der Waals surface area contributed by atoms with E-state index in [9.17, 15) is 10.1 Å². The predicted octanol–water partition coefficient (Wildman–Crippen LogP) is 2.16. The molecule has 2 rings (SSSR count). The molecule has 2 aromatic rings. The van der Waals surface area contributed by atoms with E-state index in [2.05, 4.69) is 11.1 Å². The van der Waals surface area contributed by atoms with Gasteiger partial charge in [0.05, 0.1) is 11.3 Å². The molecule has 90 valence electrons. The lowest BCUT2D eigenvalue weighted by Crippen LogP contribution is -1.98. The van der Waals surface area contributed by atoms with E-state index >= 15 is 0 Å². The molecule has 5 nitrogen and oxygen atoms in total. The van der Waals surface area contributed by atoms with Gasteiger partial charge in [0.1, 0.15) is 12.4 Å². The average molecular weight is 259 g/mol. The van der Waals surface area contributed by atoms with Crippen LogP contribution in [0.25, 0.3) is 5.69 Å². The summed E-state index contributed by atoms with van der Waals surface area (Å²) in [7, 11) is 0. The molecule has 0 bridgehead atoms. The Morgan fingerprint density at radius 1 is 1.56 bits per heavy atom. The van der Waals surface area contributed by atoms with E-state index < -0.39 is 5.97 Å². The minimum absolute atomic E-state index is 0.0477. The molecule has 0 unspecified atom stereocenters. The maximum atomic E-state index is 10.8. The number of carboxylic acid groups (broad SMARTS) is 1. The molecule has 0 spiro atoms. The number of hydrogen-bond donors (Lipinski definition) is 1. The fourth-order valence-electron chi connectivity index (χ4n) is 1.58. The van der Waals surface area contributed by atoms with Crippen molar-refractivity contribution < 1.29 is 9.90 Å². The first-order valence-electron chi connectivity index (χ1n) is 5.02.